The minimum atomic E-state index is -0.620. The van der Waals surface area contributed by atoms with Gasteiger partial charge in [-0.15, -0.1) is 0 Å². The van der Waals surface area contributed by atoms with Gasteiger partial charge in [0.1, 0.15) is 17.0 Å². The largest absolute Gasteiger partial charge is 0.492 e. The minimum Gasteiger partial charge on any atom is -0.492 e. The number of hydrogen-bond donors (Lipinski definition) is 2. The third-order valence-electron chi connectivity index (χ3n) is 4.10. The number of aromatic nitrogens is 3. The van der Waals surface area contributed by atoms with E-state index in [0.717, 1.165) is 0 Å². The van der Waals surface area contributed by atoms with E-state index in [0.29, 0.717) is 39.6 Å². The summed E-state index contributed by atoms with van der Waals surface area (Å²) in [6.45, 7) is 5.37. The van der Waals surface area contributed by atoms with E-state index in [1.807, 2.05) is 7.05 Å². The van der Waals surface area contributed by atoms with Crippen LogP contribution in [0.15, 0.2) is 24.4 Å². The number of H-pyrrole nitrogens is 1. The second-order valence-electron chi connectivity index (χ2n) is 7.47. The van der Waals surface area contributed by atoms with Crippen LogP contribution in [0.25, 0.3) is 22.6 Å². The van der Waals surface area contributed by atoms with Gasteiger partial charge in [-0.1, -0.05) is 0 Å². The number of nitrogens with zero attached hydrogens (tertiary/aromatic N) is 2. The predicted molar refractivity (Wildman–Crippen MR) is 108 cm³/mol. The molecule has 0 spiro atoms. The number of methoxy groups -OCH3 is 2. The number of esters is 1. The lowest BCUT2D eigenvalue weighted by Gasteiger charge is -2.19. The highest BCUT2D eigenvalue weighted by Gasteiger charge is 2.23. The summed E-state index contributed by atoms with van der Waals surface area (Å²) < 4.78 is 17.4. The fraction of sp³-hybridized carbons (Fsp3) is 0.350. The lowest BCUT2D eigenvalue weighted by Crippen LogP contribution is -2.27. The van der Waals surface area contributed by atoms with Crippen LogP contribution >= 0.6 is 0 Å². The molecule has 1 aromatic carbocycles. The molecule has 3 rings (SSSR count). The molecule has 3 aromatic rings. The Hall–Kier alpha value is -3.49. The fourth-order valence-electron chi connectivity index (χ4n) is 2.95. The Morgan fingerprint density at radius 3 is 2.55 bits per heavy atom. The summed E-state index contributed by atoms with van der Waals surface area (Å²) in [5, 5.41) is 2.70. The average Bonchev–Trinajstić information content (AvgIpc) is 3.18. The molecule has 1 amide bonds. The fourth-order valence-corrected chi connectivity index (χ4v) is 2.95. The number of anilines is 1. The number of rotatable bonds is 4. The maximum Gasteiger partial charge on any atom is 0.412 e. The first-order valence-electron chi connectivity index (χ1n) is 8.94. The lowest BCUT2D eigenvalue weighted by atomic mass is 10.2. The van der Waals surface area contributed by atoms with Gasteiger partial charge >= 0.3 is 12.1 Å². The van der Waals surface area contributed by atoms with Gasteiger partial charge in [-0.3, -0.25) is 5.32 Å². The SMILES string of the molecule is COC(=O)c1ccc2nc(-c3c(OC)c(NC(=O)OC(C)(C)C)cn3C)[nH]c2c1. The van der Waals surface area contributed by atoms with Crippen molar-refractivity contribution in [3.63, 3.8) is 0 Å². The van der Waals surface area contributed by atoms with E-state index in [1.54, 1.807) is 49.7 Å². The molecule has 2 heterocycles. The molecule has 0 aliphatic carbocycles. The number of ether oxygens (including phenoxy) is 3. The number of carbonyl (C=O) groups excluding carboxylic acids is 2. The zero-order valence-electron chi connectivity index (χ0n) is 17.2. The summed E-state index contributed by atoms with van der Waals surface area (Å²) in [6.07, 6.45) is 1.13. The van der Waals surface area contributed by atoms with Crippen molar-refractivity contribution in [2.75, 3.05) is 19.5 Å². The summed E-state index contributed by atoms with van der Waals surface area (Å²) in [4.78, 5) is 31.7. The molecule has 0 aliphatic heterocycles. The first-order valence-corrected chi connectivity index (χ1v) is 8.94. The van der Waals surface area contributed by atoms with Gasteiger partial charge in [0.2, 0.25) is 0 Å². The van der Waals surface area contributed by atoms with E-state index in [9.17, 15) is 9.59 Å². The molecular formula is C20H24N4O5. The second-order valence-corrected chi connectivity index (χ2v) is 7.47. The van der Waals surface area contributed by atoms with Crippen molar-refractivity contribution in [2.45, 2.75) is 26.4 Å². The average molecular weight is 400 g/mol. The second kappa shape index (κ2) is 7.50. The van der Waals surface area contributed by atoms with Gasteiger partial charge in [0.05, 0.1) is 30.8 Å². The lowest BCUT2D eigenvalue weighted by molar-refractivity contribution is 0.0598. The van der Waals surface area contributed by atoms with Crippen LogP contribution in [0.1, 0.15) is 31.1 Å². The van der Waals surface area contributed by atoms with Gasteiger partial charge < -0.3 is 23.8 Å². The molecule has 2 N–H and O–H groups in total. The summed E-state index contributed by atoms with van der Waals surface area (Å²) in [6, 6.07) is 5.06. The standard InChI is InChI=1S/C20H24N4O5/c1-20(2,3)29-19(26)23-14-10-24(4)15(16(14)27-5)17-21-12-8-7-11(18(25)28-6)9-13(12)22-17/h7-10H,1-6H3,(H,21,22)(H,23,26). The smallest absolute Gasteiger partial charge is 0.412 e. The summed E-state index contributed by atoms with van der Waals surface area (Å²) in [5.41, 5.74) is 2.24. The van der Waals surface area contributed by atoms with Crippen LogP contribution in [-0.4, -0.2) is 46.4 Å². The molecule has 29 heavy (non-hydrogen) atoms. The normalized spacial score (nSPS) is 11.4. The molecule has 2 aromatic heterocycles. The maximum atomic E-state index is 12.2. The summed E-state index contributed by atoms with van der Waals surface area (Å²) in [7, 11) is 4.65. The molecule has 0 radical (unpaired) electrons. The van der Waals surface area contributed by atoms with Gasteiger partial charge in [-0.05, 0) is 39.0 Å². The van der Waals surface area contributed by atoms with Gasteiger partial charge in [0, 0.05) is 13.2 Å². The number of aryl methyl sites for hydroxylation is 1. The van der Waals surface area contributed by atoms with Crippen LogP contribution in [0.4, 0.5) is 10.5 Å². The van der Waals surface area contributed by atoms with Crippen LogP contribution in [-0.2, 0) is 16.5 Å². The van der Waals surface area contributed by atoms with Gasteiger partial charge in [0.25, 0.3) is 0 Å². The highest BCUT2D eigenvalue weighted by molar-refractivity contribution is 5.95. The molecule has 0 unspecified atom stereocenters. The Balaban J connectivity index is 1.99. The van der Waals surface area contributed by atoms with Crippen LogP contribution in [0.5, 0.6) is 5.75 Å². The molecule has 0 aliphatic rings. The van der Waals surface area contributed by atoms with E-state index >= 15 is 0 Å². The monoisotopic (exact) mass is 400 g/mol. The minimum absolute atomic E-state index is 0.418. The van der Waals surface area contributed by atoms with Crippen molar-refractivity contribution in [2.24, 2.45) is 7.05 Å². The first-order chi connectivity index (χ1) is 13.6. The number of hydrogen-bond acceptors (Lipinski definition) is 6. The molecule has 154 valence electrons. The number of imidazole rings is 1. The number of fused-ring (bicyclic) bond motifs is 1. The number of benzene rings is 1. The maximum absolute atomic E-state index is 12.2. The molecule has 0 saturated carbocycles. The van der Waals surface area contributed by atoms with Crippen LogP contribution in [0.3, 0.4) is 0 Å². The van der Waals surface area contributed by atoms with Gasteiger partial charge in [-0.2, -0.15) is 0 Å². The highest BCUT2D eigenvalue weighted by atomic mass is 16.6. The molecule has 0 bridgehead atoms. The van der Waals surface area contributed by atoms with Crippen molar-refractivity contribution in [1.29, 1.82) is 0 Å². The highest BCUT2D eigenvalue weighted by Crippen LogP contribution is 2.37. The topological polar surface area (TPSA) is 107 Å². The molecular weight excluding hydrogens is 376 g/mol. The number of nitrogens with one attached hydrogen (secondary N) is 2. The van der Waals surface area contributed by atoms with Crippen LogP contribution in [0, 0.1) is 0 Å². The third kappa shape index (κ3) is 4.18. The Bertz CT molecular complexity index is 1070. The van der Waals surface area contributed by atoms with Crippen molar-refractivity contribution in [3.8, 4) is 17.3 Å². The van der Waals surface area contributed by atoms with Crippen LogP contribution < -0.4 is 10.1 Å². The molecule has 0 saturated heterocycles. The van der Waals surface area contributed by atoms with Crippen molar-refractivity contribution >= 4 is 28.8 Å². The zero-order valence-corrected chi connectivity index (χ0v) is 17.2. The first kappa shape index (κ1) is 20.2. The van der Waals surface area contributed by atoms with Gasteiger partial charge in [-0.25, -0.2) is 14.6 Å². The Morgan fingerprint density at radius 2 is 1.93 bits per heavy atom. The van der Waals surface area contributed by atoms with Gasteiger partial charge in [0.15, 0.2) is 11.6 Å². The Morgan fingerprint density at radius 1 is 1.21 bits per heavy atom. The number of carbonyl (C=O) groups is 2. The van der Waals surface area contributed by atoms with E-state index < -0.39 is 17.7 Å². The van der Waals surface area contributed by atoms with E-state index in [1.165, 1.54) is 14.2 Å². The number of aromatic amines is 1. The molecule has 0 fully saturated rings. The van der Waals surface area contributed by atoms with Crippen LogP contribution in [0.2, 0.25) is 0 Å². The van der Waals surface area contributed by atoms with E-state index in [2.05, 4.69) is 15.3 Å². The van der Waals surface area contributed by atoms with Crippen molar-refractivity contribution < 1.29 is 23.8 Å². The quantitative estimate of drug-likeness (QED) is 0.647. The summed E-state index contributed by atoms with van der Waals surface area (Å²) >= 11 is 0. The zero-order chi connectivity index (χ0) is 21.3. The summed E-state index contributed by atoms with van der Waals surface area (Å²) in [5.74, 6) is 0.535. The van der Waals surface area contributed by atoms with Crippen molar-refractivity contribution in [3.05, 3.63) is 30.0 Å². The Kier molecular flexibility index (Phi) is 5.23. The molecule has 0 atom stereocenters. The van der Waals surface area contributed by atoms with E-state index in [4.69, 9.17) is 14.2 Å². The van der Waals surface area contributed by atoms with E-state index in [-0.39, 0.29) is 0 Å². The van der Waals surface area contributed by atoms with Crippen molar-refractivity contribution in [1.82, 2.24) is 14.5 Å². The molecule has 9 nitrogen and oxygen atoms in total. The predicted octanol–water partition coefficient (Wildman–Crippen LogP) is 3.71. The molecule has 9 heteroatoms. The Labute approximate surface area is 168 Å². The third-order valence-corrected chi connectivity index (χ3v) is 4.10. The number of amides is 1.